The second-order valence-electron chi connectivity index (χ2n) is 4.86. The van der Waals surface area contributed by atoms with Crippen LogP contribution in [0.3, 0.4) is 0 Å². The zero-order chi connectivity index (χ0) is 13.2. The van der Waals surface area contributed by atoms with Gasteiger partial charge in [0.15, 0.2) is 0 Å². The third-order valence-electron chi connectivity index (χ3n) is 3.30. The van der Waals surface area contributed by atoms with Crippen LogP contribution in [0.4, 0.5) is 0 Å². The first-order valence-electron chi connectivity index (χ1n) is 6.86. The van der Waals surface area contributed by atoms with E-state index in [0.29, 0.717) is 0 Å². The summed E-state index contributed by atoms with van der Waals surface area (Å²) in [6.45, 7) is 3.01. The largest absolute Gasteiger partial charge is 0.330 e. The Bertz CT molecular complexity index is 305. The summed E-state index contributed by atoms with van der Waals surface area (Å²) in [6.07, 6.45) is 7.05. The lowest BCUT2D eigenvalue weighted by Gasteiger charge is -2.18. The summed E-state index contributed by atoms with van der Waals surface area (Å²) in [5.74, 6) is 0.865. The fourth-order valence-electron chi connectivity index (χ4n) is 2.15. The van der Waals surface area contributed by atoms with Gasteiger partial charge in [0.05, 0.1) is 0 Å². The first kappa shape index (κ1) is 15.5. The molecule has 0 unspecified atom stereocenters. The summed E-state index contributed by atoms with van der Waals surface area (Å²) < 4.78 is 3.02. The van der Waals surface area contributed by atoms with Crippen molar-refractivity contribution < 1.29 is 0 Å². The Morgan fingerprint density at radius 3 is 2.22 bits per heavy atom. The highest BCUT2D eigenvalue weighted by Gasteiger charge is 2.09. The van der Waals surface area contributed by atoms with E-state index in [2.05, 4.69) is 35.9 Å². The van der Waals surface area contributed by atoms with Crippen LogP contribution in [-0.4, -0.2) is 13.6 Å². The van der Waals surface area contributed by atoms with Crippen LogP contribution < -0.4 is 10.5 Å². The third-order valence-corrected chi connectivity index (χ3v) is 4.01. The molecule has 1 aromatic carbocycles. The number of rotatable bonds is 3. The van der Waals surface area contributed by atoms with Crippen molar-refractivity contribution in [2.45, 2.75) is 43.9 Å². The number of aryl methyl sites for hydroxylation is 1. The van der Waals surface area contributed by atoms with E-state index in [1.54, 1.807) is 11.9 Å². The van der Waals surface area contributed by atoms with Crippen LogP contribution in [0, 0.1) is 12.8 Å². The average molecular weight is 266 g/mol. The van der Waals surface area contributed by atoms with Crippen LogP contribution in [0.5, 0.6) is 0 Å². The highest BCUT2D eigenvalue weighted by molar-refractivity contribution is 7.97. The highest BCUT2D eigenvalue weighted by atomic mass is 32.2. The van der Waals surface area contributed by atoms with Gasteiger partial charge in [0.2, 0.25) is 0 Å². The van der Waals surface area contributed by atoms with Crippen molar-refractivity contribution in [2.75, 3.05) is 13.6 Å². The van der Waals surface area contributed by atoms with Gasteiger partial charge < -0.3 is 5.73 Å². The van der Waals surface area contributed by atoms with Crippen LogP contribution in [0.1, 0.15) is 37.7 Å². The summed E-state index contributed by atoms with van der Waals surface area (Å²) >= 11 is 1.63. The summed E-state index contributed by atoms with van der Waals surface area (Å²) in [5.41, 5.74) is 6.81. The van der Waals surface area contributed by atoms with Gasteiger partial charge in [-0.1, -0.05) is 37.0 Å². The zero-order valence-electron chi connectivity index (χ0n) is 11.6. The topological polar surface area (TPSA) is 38.0 Å². The van der Waals surface area contributed by atoms with Gasteiger partial charge in [-0.25, -0.2) is 0 Å². The third kappa shape index (κ3) is 6.43. The summed E-state index contributed by atoms with van der Waals surface area (Å²) in [5, 5.41) is 0. The molecular weight excluding hydrogens is 240 g/mol. The molecule has 102 valence electrons. The fourth-order valence-corrected chi connectivity index (χ4v) is 2.65. The van der Waals surface area contributed by atoms with Gasteiger partial charge in [-0.05, 0) is 63.4 Å². The van der Waals surface area contributed by atoms with Crippen molar-refractivity contribution in [1.29, 1.82) is 0 Å². The molecule has 0 atom stereocenters. The maximum absolute atomic E-state index is 5.50. The van der Waals surface area contributed by atoms with Crippen molar-refractivity contribution in [1.82, 2.24) is 4.72 Å². The molecule has 2 rings (SSSR count). The normalized spacial score (nSPS) is 15.9. The van der Waals surface area contributed by atoms with E-state index in [1.807, 2.05) is 7.05 Å². The Balaban J connectivity index is 0.000000184. The highest BCUT2D eigenvalue weighted by Crippen LogP contribution is 2.21. The van der Waals surface area contributed by atoms with Gasteiger partial charge in [-0.3, -0.25) is 4.72 Å². The minimum Gasteiger partial charge on any atom is -0.330 e. The van der Waals surface area contributed by atoms with E-state index >= 15 is 0 Å². The molecule has 1 aromatic rings. The second kappa shape index (κ2) is 9.42. The van der Waals surface area contributed by atoms with Gasteiger partial charge in [0.1, 0.15) is 0 Å². The van der Waals surface area contributed by atoms with Crippen molar-refractivity contribution in [3.8, 4) is 0 Å². The minimum absolute atomic E-state index is 0.865. The van der Waals surface area contributed by atoms with Gasteiger partial charge >= 0.3 is 0 Å². The van der Waals surface area contributed by atoms with Crippen molar-refractivity contribution in [3.05, 3.63) is 29.8 Å². The van der Waals surface area contributed by atoms with Crippen LogP contribution >= 0.6 is 11.9 Å². The molecule has 0 aliphatic heterocycles. The van der Waals surface area contributed by atoms with E-state index in [-0.39, 0.29) is 0 Å². The van der Waals surface area contributed by atoms with E-state index in [4.69, 9.17) is 5.73 Å². The van der Waals surface area contributed by atoms with Gasteiger partial charge in [-0.15, -0.1) is 0 Å². The molecule has 0 bridgehead atoms. The van der Waals surface area contributed by atoms with Gasteiger partial charge in [0, 0.05) is 4.90 Å². The monoisotopic (exact) mass is 266 g/mol. The minimum atomic E-state index is 0.865. The standard InChI is InChI=1S/C8H11NS.C7H15N/c1-7-3-5-8(6-4-7)10-9-2;8-6-7-4-2-1-3-5-7/h3-6,9H,1-2H3;7H,1-6,8H2. The van der Waals surface area contributed by atoms with Crippen LogP contribution in [0.15, 0.2) is 29.2 Å². The molecular formula is C15H26N2S. The lowest BCUT2D eigenvalue weighted by molar-refractivity contribution is 0.366. The first-order valence-corrected chi connectivity index (χ1v) is 7.68. The number of hydrogen-bond acceptors (Lipinski definition) is 3. The Hall–Kier alpha value is -0.510. The predicted molar refractivity (Wildman–Crippen MR) is 81.7 cm³/mol. The molecule has 3 heteroatoms. The Morgan fingerprint density at radius 1 is 1.17 bits per heavy atom. The van der Waals surface area contributed by atoms with Gasteiger partial charge in [0.25, 0.3) is 0 Å². The van der Waals surface area contributed by atoms with E-state index in [9.17, 15) is 0 Å². The predicted octanol–water partition coefficient (Wildman–Crippen LogP) is 3.75. The maximum Gasteiger partial charge on any atom is 0.0228 e. The molecule has 1 fully saturated rings. The molecule has 1 saturated carbocycles. The SMILES string of the molecule is CNSc1ccc(C)cc1.NCC1CCCCC1. The van der Waals surface area contributed by atoms with E-state index in [1.165, 1.54) is 42.6 Å². The quantitative estimate of drug-likeness (QED) is 0.818. The lowest BCUT2D eigenvalue weighted by Crippen LogP contribution is -2.16. The second-order valence-corrected chi connectivity index (χ2v) is 5.94. The van der Waals surface area contributed by atoms with E-state index in [0.717, 1.165) is 12.5 Å². The number of hydrogen-bond donors (Lipinski definition) is 2. The van der Waals surface area contributed by atoms with Crippen molar-refractivity contribution in [3.63, 3.8) is 0 Å². The number of nitrogens with two attached hydrogens (primary N) is 1. The smallest absolute Gasteiger partial charge is 0.0228 e. The molecule has 18 heavy (non-hydrogen) atoms. The molecule has 0 heterocycles. The Morgan fingerprint density at radius 2 is 1.78 bits per heavy atom. The molecule has 1 aliphatic carbocycles. The molecule has 0 radical (unpaired) electrons. The molecule has 0 amide bonds. The zero-order valence-corrected chi connectivity index (χ0v) is 12.4. The Labute approximate surface area is 116 Å². The first-order chi connectivity index (χ1) is 8.76. The summed E-state index contributed by atoms with van der Waals surface area (Å²) in [6, 6.07) is 8.44. The van der Waals surface area contributed by atoms with Gasteiger partial charge in [-0.2, -0.15) is 0 Å². The number of nitrogens with one attached hydrogen (secondary N) is 1. The van der Waals surface area contributed by atoms with Crippen molar-refractivity contribution in [2.24, 2.45) is 11.7 Å². The molecule has 0 spiro atoms. The summed E-state index contributed by atoms with van der Waals surface area (Å²) in [4.78, 5) is 1.26. The Kier molecular flexibility index (Phi) is 8.14. The van der Waals surface area contributed by atoms with Crippen LogP contribution in [-0.2, 0) is 0 Å². The number of benzene rings is 1. The molecule has 1 aliphatic rings. The van der Waals surface area contributed by atoms with E-state index < -0.39 is 0 Å². The van der Waals surface area contributed by atoms with Crippen LogP contribution in [0.2, 0.25) is 0 Å². The summed E-state index contributed by atoms with van der Waals surface area (Å²) in [7, 11) is 1.92. The molecule has 2 nitrogen and oxygen atoms in total. The fraction of sp³-hybridized carbons (Fsp3) is 0.600. The molecule has 0 saturated heterocycles. The molecule has 3 N–H and O–H groups in total. The lowest BCUT2D eigenvalue weighted by atomic mass is 9.90. The maximum atomic E-state index is 5.50. The van der Waals surface area contributed by atoms with Crippen molar-refractivity contribution >= 4 is 11.9 Å². The van der Waals surface area contributed by atoms with Crippen LogP contribution in [0.25, 0.3) is 0 Å². The average Bonchev–Trinajstić information content (AvgIpc) is 2.43. The molecule has 0 aromatic heterocycles.